The van der Waals surface area contributed by atoms with E-state index >= 15 is 0 Å². The molecule has 0 radical (unpaired) electrons. The Hall–Kier alpha value is -2.63. The summed E-state index contributed by atoms with van der Waals surface area (Å²) < 4.78 is 5.56. The first-order valence-electron chi connectivity index (χ1n) is 7.52. The zero-order valence-electron chi connectivity index (χ0n) is 12.7. The minimum atomic E-state index is -0.832. The second-order valence-corrected chi connectivity index (χ2v) is 5.93. The number of carbonyl (C=O) groups excluding carboxylic acids is 1. The van der Waals surface area contributed by atoms with Gasteiger partial charge in [-0.25, -0.2) is 0 Å². The third-order valence-corrected chi connectivity index (χ3v) is 4.36. The number of aliphatic carboxylic acids is 1. The fourth-order valence-corrected chi connectivity index (χ4v) is 3.06. The fourth-order valence-electron chi connectivity index (χ4n) is 3.06. The highest BCUT2D eigenvalue weighted by atomic mass is 16.4. The summed E-state index contributed by atoms with van der Waals surface area (Å²) in [6.45, 7) is 2.50. The van der Waals surface area contributed by atoms with Crippen LogP contribution in [0, 0.1) is 11.8 Å². The van der Waals surface area contributed by atoms with E-state index in [2.05, 4.69) is 0 Å². The molecule has 2 aromatic rings. The number of rotatable bonds is 2. The molecule has 1 amide bonds. The van der Waals surface area contributed by atoms with E-state index in [1.807, 2.05) is 6.92 Å². The lowest BCUT2D eigenvalue weighted by atomic mass is 9.87. The lowest BCUT2D eigenvalue weighted by Gasteiger charge is -2.34. The monoisotopic (exact) mass is 315 g/mol. The predicted octanol–water partition coefficient (Wildman–Crippen LogP) is 1.98. The van der Waals surface area contributed by atoms with Gasteiger partial charge in [0.15, 0.2) is 11.2 Å². The van der Waals surface area contributed by atoms with Crippen molar-refractivity contribution >= 4 is 22.8 Å². The van der Waals surface area contributed by atoms with Gasteiger partial charge in [-0.2, -0.15) is 0 Å². The van der Waals surface area contributed by atoms with Gasteiger partial charge < -0.3 is 14.4 Å². The van der Waals surface area contributed by atoms with Crippen LogP contribution in [-0.2, 0) is 4.79 Å². The van der Waals surface area contributed by atoms with Gasteiger partial charge in [0, 0.05) is 19.2 Å². The Morgan fingerprint density at radius 2 is 2.04 bits per heavy atom. The Morgan fingerprint density at radius 3 is 2.74 bits per heavy atom. The standard InChI is InChI=1S/C17H17NO5/c1-10-9-18(7-6-11(10)17(21)22)16(20)15-8-13(19)12-4-2-3-5-14(12)23-15/h2-5,8,10-11H,6-7,9H2,1H3,(H,21,22). The van der Waals surface area contributed by atoms with E-state index in [1.54, 1.807) is 29.2 Å². The molecule has 1 N–H and O–H groups in total. The van der Waals surface area contributed by atoms with E-state index in [4.69, 9.17) is 9.52 Å². The number of carbonyl (C=O) groups is 2. The number of hydrogen-bond acceptors (Lipinski definition) is 4. The molecule has 6 nitrogen and oxygen atoms in total. The molecular weight excluding hydrogens is 298 g/mol. The summed E-state index contributed by atoms with van der Waals surface area (Å²) in [6, 6.07) is 7.97. The Labute approximate surface area is 132 Å². The van der Waals surface area contributed by atoms with Gasteiger partial charge in [-0.15, -0.1) is 0 Å². The summed E-state index contributed by atoms with van der Waals surface area (Å²) in [6.07, 6.45) is 0.403. The zero-order valence-corrected chi connectivity index (χ0v) is 12.7. The Balaban J connectivity index is 1.87. The van der Waals surface area contributed by atoms with Gasteiger partial charge in [-0.1, -0.05) is 19.1 Å². The van der Waals surface area contributed by atoms with Crippen molar-refractivity contribution in [2.75, 3.05) is 13.1 Å². The molecule has 2 unspecified atom stereocenters. The molecule has 1 fully saturated rings. The number of nitrogens with zero attached hydrogens (tertiary/aromatic N) is 1. The number of carboxylic acid groups (broad SMARTS) is 1. The minimum absolute atomic E-state index is 0.00493. The Morgan fingerprint density at radius 1 is 1.30 bits per heavy atom. The highest BCUT2D eigenvalue weighted by Gasteiger charge is 2.34. The first kappa shape index (κ1) is 15.3. The van der Waals surface area contributed by atoms with Crippen molar-refractivity contribution < 1.29 is 19.1 Å². The molecule has 0 aliphatic carbocycles. The molecule has 1 saturated heterocycles. The van der Waals surface area contributed by atoms with Crippen molar-refractivity contribution in [3.05, 3.63) is 46.3 Å². The molecule has 2 heterocycles. The highest BCUT2D eigenvalue weighted by Crippen LogP contribution is 2.25. The maximum atomic E-state index is 12.6. The number of para-hydroxylation sites is 1. The van der Waals surface area contributed by atoms with Gasteiger partial charge in [0.25, 0.3) is 5.91 Å². The minimum Gasteiger partial charge on any atom is -0.481 e. The third-order valence-electron chi connectivity index (χ3n) is 4.36. The lowest BCUT2D eigenvalue weighted by Crippen LogP contribution is -2.45. The molecule has 3 rings (SSSR count). The molecule has 1 aliphatic heterocycles. The first-order valence-corrected chi connectivity index (χ1v) is 7.52. The Bertz CT molecular complexity index is 825. The average molecular weight is 315 g/mol. The first-order chi connectivity index (χ1) is 11.0. The molecule has 1 aromatic heterocycles. The van der Waals surface area contributed by atoms with Gasteiger partial charge >= 0.3 is 5.97 Å². The summed E-state index contributed by atoms with van der Waals surface area (Å²) >= 11 is 0. The third kappa shape index (κ3) is 2.84. The van der Waals surface area contributed by atoms with Crippen molar-refractivity contribution in [3.8, 4) is 0 Å². The van der Waals surface area contributed by atoms with E-state index in [-0.39, 0.29) is 23.0 Å². The summed E-state index contributed by atoms with van der Waals surface area (Å²) in [7, 11) is 0. The SMILES string of the molecule is CC1CN(C(=O)c2cc(=O)c3ccccc3o2)CCC1C(=O)O. The molecule has 0 bridgehead atoms. The van der Waals surface area contributed by atoms with Crippen molar-refractivity contribution in [3.63, 3.8) is 0 Å². The molecule has 6 heteroatoms. The van der Waals surface area contributed by atoms with Crippen molar-refractivity contribution in [1.29, 1.82) is 0 Å². The highest BCUT2D eigenvalue weighted by molar-refractivity contribution is 5.93. The number of fused-ring (bicyclic) bond motifs is 1. The van der Waals surface area contributed by atoms with Crippen LogP contribution in [0.25, 0.3) is 11.0 Å². The van der Waals surface area contributed by atoms with Crippen molar-refractivity contribution in [1.82, 2.24) is 4.90 Å². The number of hydrogen-bond donors (Lipinski definition) is 1. The largest absolute Gasteiger partial charge is 0.481 e. The van der Waals surface area contributed by atoms with Gasteiger partial charge in [-0.3, -0.25) is 14.4 Å². The van der Waals surface area contributed by atoms with E-state index in [9.17, 15) is 14.4 Å². The quantitative estimate of drug-likeness (QED) is 0.915. The topological polar surface area (TPSA) is 87.8 Å². The number of piperidine rings is 1. The number of carboxylic acids is 1. The van der Waals surface area contributed by atoms with Crippen LogP contribution in [0.1, 0.15) is 23.9 Å². The van der Waals surface area contributed by atoms with Gasteiger partial charge in [0.2, 0.25) is 0 Å². The van der Waals surface area contributed by atoms with Gasteiger partial charge in [-0.05, 0) is 24.5 Å². The maximum Gasteiger partial charge on any atom is 0.306 e. The van der Waals surface area contributed by atoms with E-state index in [1.165, 1.54) is 6.07 Å². The van der Waals surface area contributed by atoms with Gasteiger partial charge in [0.1, 0.15) is 5.58 Å². The van der Waals surface area contributed by atoms with Crippen LogP contribution in [0.5, 0.6) is 0 Å². The van der Waals surface area contributed by atoms with Crippen LogP contribution >= 0.6 is 0 Å². The second kappa shape index (κ2) is 5.87. The second-order valence-electron chi connectivity index (χ2n) is 5.93. The molecule has 1 aliphatic rings. The number of likely N-dealkylation sites (tertiary alicyclic amines) is 1. The lowest BCUT2D eigenvalue weighted by molar-refractivity contribution is -0.145. The van der Waals surface area contributed by atoms with Crippen LogP contribution in [0.2, 0.25) is 0 Å². The normalized spacial score (nSPS) is 21.3. The van der Waals surface area contributed by atoms with E-state index in [0.29, 0.717) is 30.5 Å². The Kier molecular flexibility index (Phi) is 3.90. The molecule has 2 atom stereocenters. The average Bonchev–Trinajstić information content (AvgIpc) is 2.53. The fraction of sp³-hybridized carbons (Fsp3) is 0.353. The van der Waals surface area contributed by atoms with E-state index in [0.717, 1.165) is 0 Å². The van der Waals surface area contributed by atoms with Crippen LogP contribution in [0.3, 0.4) is 0 Å². The van der Waals surface area contributed by atoms with Crippen molar-refractivity contribution in [2.24, 2.45) is 11.8 Å². The zero-order chi connectivity index (χ0) is 16.6. The molecule has 120 valence electrons. The maximum absolute atomic E-state index is 12.6. The molecule has 1 aromatic carbocycles. The summed E-state index contributed by atoms with van der Waals surface area (Å²) in [4.78, 5) is 37.3. The van der Waals surface area contributed by atoms with Crippen LogP contribution in [0.15, 0.2) is 39.5 Å². The van der Waals surface area contributed by atoms with Gasteiger partial charge in [0.05, 0.1) is 11.3 Å². The summed E-state index contributed by atoms with van der Waals surface area (Å²) in [5.74, 6) is -1.79. The van der Waals surface area contributed by atoms with Crippen LogP contribution in [-0.4, -0.2) is 35.0 Å². The smallest absolute Gasteiger partial charge is 0.306 e. The molecular formula is C17H17NO5. The number of benzene rings is 1. The summed E-state index contributed by atoms with van der Waals surface area (Å²) in [5, 5.41) is 9.57. The number of amides is 1. The molecule has 0 spiro atoms. The van der Waals surface area contributed by atoms with E-state index < -0.39 is 11.9 Å². The van der Waals surface area contributed by atoms with Crippen LogP contribution in [0.4, 0.5) is 0 Å². The molecule has 23 heavy (non-hydrogen) atoms. The van der Waals surface area contributed by atoms with Crippen molar-refractivity contribution in [2.45, 2.75) is 13.3 Å². The molecule has 0 saturated carbocycles. The summed E-state index contributed by atoms with van der Waals surface area (Å²) in [5.41, 5.74) is 0.112. The predicted molar refractivity (Wildman–Crippen MR) is 83.3 cm³/mol. The van der Waals surface area contributed by atoms with Crippen LogP contribution < -0.4 is 5.43 Å².